The van der Waals surface area contributed by atoms with Gasteiger partial charge in [-0.2, -0.15) is 0 Å². The van der Waals surface area contributed by atoms with E-state index in [2.05, 4.69) is 22.0 Å². The van der Waals surface area contributed by atoms with Crippen molar-refractivity contribution < 1.29 is 4.74 Å². The van der Waals surface area contributed by atoms with Gasteiger partial charge in [0.15, 0.2) is 0 Å². The molecule has 2 rings (SSSR count). The Kier molecular flexibility index (Phi) is 6.70. The number of hydrogen-bond acceptors (Lipinski definition) is 1. The Morgan fingerprint density at radius 1 is 1.25 bits per heavy atom. The van der Waals surface area contributed by atoms with Crippen LogP contribution in [-0.2, 0) is 0 Å². The molecule has 0 heterocycles. The van der Waals surface area contributed by atoms with Crippen LogP contribution in [0.2, 0.25) is 0 Å². The maximum atomic E-state index is 6.66. The summed E-state index contributed by atoms with van der Waals surface area (Å²) in [6, 6.07) is 6.15. The molecule has 0 N–H and O–H groups in total. The van der Waals surface area contributed by atoms with Crippen LogP contribution in [0, 0.1) is 5.92 Å². The first kappa shape index (κ1) is 16.2. The van der Waals surface area contributed by atoms with Crippen molar-refractivity contribution in [1.29, 1.82) is 0 Å². The van der Waals surface area contributed by atoms with Gasteiger partial charge in [0.1, 0.15) is 5.75 Å². The maximum Gasteiger partial charge on any atom is 0.120 e. The van der Waals surface area contributed by atoms with Crippen LogP contribution in [0.25, 0.3) is 0 Å². The summed E-state index contributed by atoms with van der Waals surface area (Å²) in [4.78, 5) is 0. The average molecular weight is 360 g/mol. The third kappa shape index (κ3) is 4.66. The van der Waals surface area contributed by atoms with Gasteiger partial charge in [-0.25, -0.2) is 0 Å². The number of hydrogen-bond donors (Lipinski definition) is 0. The van der Waals surface area contributed by atoms with E-state index in [9.17, 15) is 0 Å². The first-order valence-corrected chi connectivity index (χ1v) is 9.00. The molecule has 0 aromatic heterocycles. The fourth-order valence-electron chi connectivity index (χ4n) is 3.04. The molecule has 0 saturated heterocycles. The Hall–Kier alpha value is -0.210. The fraction of sp³-hybridized carbons (Fsp3) is 0.647. The van der Waals surface area contributed by atoms with E-state index < -0.39 is 0 Å². The summed E-state index contributed by atoms with van der Waals surface area (Å²) >= 11 is 10.3. The van der Waals surface area contributed by atoms with Crippen molar-refractivity contribution in [2.75, 3.05) is 6.61 Å². The third-order valence-corrected chi connectivity index (χ3v) is 5.24. The molecule has 20 heavy (non-hydrogen) atoms. The van der Waals surface area contributed by atoms with Crippen molar-refractivity contribution in [3.05, 3.63) is 28.2 Å². The van der Waals surface area contributed by atoms with Gasteiger partial charge in [-0.1, -0.05) is 60.5 Å². The molecule has 112 valence electrons. The lowest BCUT2D eigenvalue weighted by molar-refractivity contribution is 0.340. The predicted molar refractivity (Wildman–Crippen MR) is 89.7 cm³/mol. The number of benzene rings is 1. The largest absolute Gasteiger partial charge is 0.494 e. The highest BCUT2D eigenvalue weighted by Gasteiger charge is 2.19. The number of alkyl halides is 1. The molecule has 1 aromatic carbocycles. The van der Waals surface area contributed by atoms with E-state index in [1.165, 1.54) is 44.1 Å². The van der Waals surface area contributed by atoms with Crippen LogP contribution < -0.4 is 4.74 Å². The van der Waals surface area contributed by atoms with Crippen LogP contribution >= 0.6 is 27.5 Å². The molecule has 1 unspecified atom stereocenters. The van der Waals surface area contributed by atoms with Crippen LogP contribution in [0.1, 0.15) is 62.8 Å². The van der Waals surface area contributed by atoms with E-state index in [0.717, 1.165) is 22.6 Å². The summed E-state index contributed by atoms with van der Waals surface area (Å²) in [5.41, 5.74) is 1.19. The van der Waals surface area contributed by atoms with Crippen molar-refractivity contribution >= 4 is 27.5 Å². The SMILES string of the molecule is CCOc1ccc(C(Cl)CC2CCCCCC2)c(Br)c1. The molecule has 1 aliphatic carbocycles. The van der Waals surface area contributed by atoms with Gasteiger partial charge in [0.05, 0.1) is 12.0 Å². The Morgan fingerprint density at radius 2 is 1.95 bits per heavy atom. The molecule has 1 aromatic rings. The Labute approximate surface area is 136 Å². The zero-order chi connectivity index (χ0) is 14.4. The van der Waals surface area contributed by atoms with E-state index in [0.29, 0.717) is 6.61 Å². The molecule has 1 fully saturated rings. The monoisotopic (exact) mass is 358 g/mol. The van der Waals surface area contributed by atoms with Gasteiger partial charge >= 0.3 is 0 Å². The van der Waals surface area contributed by atoms with Crippen LogP contribution in [0.5, 0.6) is 5.75 Å². The van der Waals surface area contributed by atoms with Crippen molar-refractivity contribution in [1.82, 2.24) is 0 Å². The van der Waals surface area contributed by atoms with Gasteiger partial charge in [0, 0.05) is 4.47 Å². The summed E-state index contributed by atoms with van der Waals surface area (Å²) in [5, 5.41) is 0.100. The highest BCUT2D eigenvalue weighted by Crippen LogP contribution is 2.38. The van der Waals surface area contributed by atoms with Crippen LogP contribution in [-0.4, -0.2) is 6.61 Å². The van der Waals surface area contributed by atoms with E-state index >= 15 is 0 Å². The minimum Gasteiger partial charge on any atom is -0.494 e. The molecule has 0 radical (unpaired) electrons. The van der Waals surface area contributed by atoms with Crippen molar-refractivity contribution in [2.45, 2.75) is 57.2 Å². The summed E-state index contributed by atoms with van der Waals surface area (Å²) in [5.74, 6) is 1.69. The normalized spacial score (nSPS) is 18.6. The quantitative estimate of drug-likeness (QED) is 0.431. The van der Waals surface area contributed by atoms with Crippen LogP contribution in [0.4, 0.5) is 0 Å². The Morgan fingerprint density at radius 3 is 2.55 bits per heavy atom. The van der Waals surface area contributed by atoms with Crippen molar-refractivity contribution in [3.63, 3.8) is 0 Å². The fourth-order valence-corrected chi connectivity index (χ4v) is 4.25. The Bertz CT molecular complexity index is 413. The predicted octanol–water partition coefficient (Wildman–Crippen LogP) is 6.49. The first-order valence-electron chi connectivity index (χ1n) is 7.77. The highest BCUT2D eigenvalue weighted by atomic mass is 79.9. The standard InChI is InChI=1S/C17H24BrClO/c1-2-20-14-9-10-15(16(18)12-14)17(19)11-13-7-5-3-4-6-8-13/h9-10,12-13,17H,2-8,11H2,1H3. The summed E-state index contributed by atoms with van der Waals surface area (Å²) in [7, 11) is 0. The lowest BCUT2D eigenvalue weighted by Crippen LogP contribution is -2.04. The summed E-state index contributed by atoms with van der Waals surface area (Å²) in [6.07, 6.45) is 9.33. The van der Waals surface area contributed by atoms with Gasteiger partial charge in [-0.05, 0) is 37.0 Å². The number of rotatable bonds is 5. The number of halogens is 2. The van der Waals surface area contributed by atoms with E-state index in [4.69, 9.17) is 16.3 Å². The second-order valence-electron chi connectivity index (χ2n) is 5.68. The topological polar surface area (TPSA) is 9.23 Å². The zero-order valence-corrected chi connectivity index (χ0v) is 14.5. The molecule has 0 aliphatic heterocycles. The minimum atomic E-state index is 0.100. The molecule has 0 amide bonds. The van der Waals surface area contributed by atoms with Crippen molar-refractivity contribution in [2.24, 2.45) is 5.92 Å². The van der Waals surface area contributed by atoms with Crippen LogP contribution in [0.3, 0.4) is 0 Å². The molecule has 0 spiro atoms. The summed E-state index contributed by atoms with van der Waals surface area (Å²) in [6.45, 7) is 2.69. The molecular formula is C17H24BrClO. The molecule has 3 heteroatoms. The van der Waals surface area contributed by atoms with E-state index in [-0.39, 0.29) is 5.38 Å². The van der Waals surface area contributed by atoms with E-state index in [1.807, 2.05) is 19.1 Å². The molecule has 0 bridgehead atoms. The smallest absolute Gasteiger partial charge is 0.120 e. The van der Waals surface area contributed by atoms with Gasteiger partial charge in [0.25, 0.3) is 0 Å². The van der Waals surface area contributed by atoms with E-state index in [1.54, 1.807) is 0 Å². The van der Waals surface area contributed by atoms with Crippen LogP contribution in [0.15, 0.2) is 22.7 Å². The lowest BCUT2D eigenvalue weighted by Gasteiger charge is -2.19. The molecule has 1 nitrogen and oxygen atoms in total. The second kappa shape index (κ2) is 8.29. The summed E-state index contributed by atoms with van der Waals surface area (Å²) < 4.78 is 6.58. The molecule has 1 saturated carbocycles. The van der Waals surface area contributed by atoms with Crippen molar-refractivity contribution in [3.8, 4) is 5.75 Å². The maximum absolute atomic E-state index is 6.66. The molecule has 1 aliphatic rings. The average Bonchev–Trinajstić information content (AvgIpc) is 2.67. The molecular weight excluding hydrogens is 336 g/mol. The van der Waals surface area contributed by atoms with Gasteiger partial charge in [-0.15, -0.1) is 11.6 Å². The van der Waals surface area contributed by atoms with Gasteiger partial charge < -0.3 is 4.74 Å². The second-order valence-corrected chi connectivity index (χ2v) is 7.06. The van der Waals surface area contributed by atoms with Gasteiger partial charge in [-0.3, -0.25) is 0 Å². The Balaban J connectivity index is 1.98. The molecule has 1 atom stereocenters. The third-order valence-electron chi connectivity index (χ3n) is 4.14. The minimum absolute atomic E-state index is 0.100. The first-order chi connectivity index (χ1) is 9.70. The zero-order valence-electron chi connectivity index (χ0n) is 12.2. The lowest BCUT2D eigenvalue weighted by atomic mass is 9.92. The van der Waals surface area contributed by atoms with Gasteiger partial charge in [0.2, 0.25) is 0 Å². The number of ether oxygens (including phenoxy) is 1. The highest BCUT2D eigenvalue weighted by molar-refractivity contribution is 9.10.